The summed E-state index contributed by atoms with van der Waals surface area (Å²) in [5.41, 5.74) is 0. The lowest BCUT2D eigenvalue weighted by atomic mass is 9.99. The number of esters is 4. The van der Waals surface area contributed by atoms with Gasteiger partial charge in [0.1, 0.15) is 19.3 Å². The van der Waals surface area contributed by atoms with Crippen molar-refractivity contribution in [2.24, 2.45) is 23.7 Å². The smallest absolute Gasteiger partial charge is 0.462 e. The van der Waals surface area contributed by atoms with Gasteiger partial charge < -0.3 is 33.8 Å². The minimum atomic E-state index is -4.97. The lowest BCUT2D eigenvalue weighted by molar-refractivity contribution is -0.161. The van der Waals surface area contributed by atoms with E-state index in [2.05, 4.69) is 55.4 Å². The average molecular weight is 1610 g/mol. The van der Waals surface area contributed by atoms with Gasteiger partial charge in [-0.15, -0.1) is 0 Å². The summed E-state index contributed by atoms with van der Waals surface area (Å²) in [4.78, 5) is 73.4. The van der Waals surface area contributed by atoms with Gasteiger partial charge in [-0.25, -0.2) is 9.13 Å². The molecule has 0 aromatic carbocycles. The number of aliphatic hydroxyl groups excluding tert-OH is 1. The molecule has 110 heavy (non-hydrogen) atoms. The second-order valence-electron chi connectivity index (χ2n) is 34.4. The van der Waals surface area contributed by atoms with Crippen molar-refractivity contribution < 1.29 is 80.2 Å². The fourth-order valence-electron chi connectivity index (χ4n) is 14.2. The molecular formula is C91H178O17P2. The largest absolute Gasteiger partial charge is 0.472 e. The van der Waals surface area contributed by atoms with Gasteiger partial charge in [-0.05, 0) is 49.4 Å². The van der Waals surface area contributed by atoms with Gasteiger partial charge in [-0.1, -0.05) is 428 Å². The van der Waals surface area contributed by atoms with Crippen molar-refractivity contribution in [2.45, 2.75) is 497 Å². The zero-order chi connectivity index (χ0) is 80.9. The van der Waals surface area contributed by atoms with E-state index in [0.29, 0.717) is 31.6 Å². The molecule has 0 aromatic rings. The molecule has 0 rings (SSSR count). The highest BCUT2D eigenvalue weighted by atomic mass is 31.2. The Bertz CT molecular complexity index is 2130. The van der Waals surface area contributed by atoms with Crippen LogP contribution >= 0.6 is 15.6 Å². The van der Waals surface area contributed by atoms with Crippen molar-refractivity contribution in [3.63, 3.8) is 0 Å². The molecule has 17 nitrogen and oxygen atoms in total. The lowest BCUT2D eigenvalue weighted by Crippen LogP contribution is -2.30. The van der Waals surface area contributed by atoms with E-state index in [1.54, 1.807) is 0 Å². The number of ether oxygens (including phenoxy) is 4. The van der Waals surface area contributed by atoms with Crippen molar-refractivity contribution in [1.82, 2.24) is 0 Å². The molecule has 6 atom stereocenters. The van der Waals surface area contributed by atoms with E-state index < -0.39 is 97.5 Å². The van der Waals surface area contributed by atoms with Gasteiger partial charge in [0.25, 0.3) is 0 Å². The highest BCUT2D eigenvalue weighted by molar-refractivity contribution is 7.47. The van der Waals surface area contributed by atoms with Crippen LogP contribution in [0, 0.1) is 23.7 Å². The molecule has 0 spiro atoms. The summed E-state index contributed by atoms with van der Waals surface area (Å²) in [6.07, 6.45) is 71.0. The van der Waals surface area contributed by atoms with E-state index in [4.69, 9.17) is 37.0 Å². The van der Waals surface area contributed by atoms with Crippen LogP contribution < -0.4 is 0 Å². The molecule has 3 N–H and O–H groups in total. The Kier molecular flexibility index (Phi) is 78.1. The van der Waals surface area contributed by atoms with E-state index in [-0.39, 0.29) is 25.7 Å². The quantitative estimate of drug-likeness (QED) is 0.0222. The van der Waals surface area contributed by atoms with Crippen LogP contribution in [0.25, 0.3) is 0 Å². The molecule has 0 fully saturated rings. The fourth-order valence-corrected chi connectivity index (χ4v) is 15.7. The van der Waals surface area contributed by atoms with E-state index in [1.165, 1.54) is 276 Å². The molecule has 0 bridgehead atoms. The summed E-state index contributed by atoms with van der Waals surface area (Å²) in [5, 5.41) is 10.7. The molecule has 19 heteroatoms. The fraction of sp³-hybridized carbons (Fsp3) is 0.956. The molecule has 654 valence electrons. The van der Waals surface area contributed by atoms with E-state index in [0.717, 1.165) is 114 Å². The predicted octanol–water partition coefficient (Wildman–Crippen LogP) is 27.9. The molecule has 0 aliphatic carbocycles. The number of aliphatic hydroxyl groups is 1. The molecular weight excluding hydrogens is 1430 g/mol. The number of phosphoric ester groups is 2. The Morgan fingerprint density at radius 2 is 0.436 bits per heavy atom. The first-order chi connectivity index (χ1) is 53.1. The van der Waals surface area contributed by atoms with E-state index in [1.807, 2.05) is 0 Å². The number of unbranched alkanes of at least 4 members (excludes halogenated alkanes) is 53. The van der Waals surface area contributed by atoms with Crippen LogP contribution in [0.5, 0.6) is 0 Å². The second kappa shape index (κ2) is 79.5. The van der Waals surface area contributed by atoms with Crippen LogP contribution in [0.3, 0.4) is 0 Å². The maximum Gasteiger partial charge on any atom is 0.472 e. The summed E-state index contributed by atoms with van der Waals surface area (Å²) in [6, 6.07) is 0. The molecule has 4 unspecified atom stereocenters. The van der Waals surface area contributed by atoms with Gasteiger partial charge >= 0.3 is 39.5 Å². The summed E-state index contributed by atoms with van der Waals surface area (Å²) in [5.74, 6) is 1.09. The summed E-state index contributed by atoms with van der Waals surface area (Å²) in [7, 11) is -9.94. The number of hydrogen-bond donors (Lipinski definition) is 3. The summed E-state index contributed by atoms with van der Waals surface area (Å²) >= 11 is 0. The van der Waals surface area contributed by atoms with Gasteiger partial charge in [0, 0.05) is 25.7 Å². The molecule has 0 radical (unpaired) electrons. The Hall–Kier alpha value is -1.94. The zero-order valence-electron chi connectivity index (χ0n) is 72.9. The van der Waals surface area contributed by atoms with Crippen LogP contribution in [0.15, 0.2) is 0 Å². The lowest BCUT2D eigenvalue weighted by Gasteiger charge is -2.21. The molecule has 0 heterocycles. The van der Waals surface area contributed by atoms with Crippen LogP contribution in [-0.2, 0) is 65.4 Å². The van der Waals surface area contributed by atoms with Crippen molar-refractivity contribution >= 4 is 39.5 Å². The van der Waals surface area contributed by atoms with Crippen molar-refractivity contribution in [3.05, 3.63) is 0 Å². The molecule has 0 amide bonds. The Balaban J connectivity index is 5.22. The minimum Gasteiger partial charge on any atom is -0.462 e. The van der Waals surface area contributed by atoms with Gasteiger partial charge in [-0.3, -0.25) is 37.3 Å². The first-order valence-corrected chi connectivity index (χ1v) is 49.7. The SMILES string of the molecule is CCC(C)CCCCCCCCCCCCCCCCCCCCC(=O)O[C@H](COC(=O)CCCCCCCCCCCCCCCCCCCCC(C)C)COP(=O)(O)OCC(O)COP(=O)(O)OC[C@@H](COC(=O)CCCCCCCCCC(C)C)OC(=O)CCCCCCCCCCCCCCCCC(C)C. The zero-order valence-corrected chi connectivity index (χ0v) is 74.7. The highest BCUT2D eigenvalue weighted by Crippen LogP contribution is 2.45. The highest BCUT2D eigenvalue weighted by Gasteiger charge is 2.31. The van der Waals surface area contributed by atoms with Gasteiger partial charge in [0.15, 0.2) is 12.2 Å². The van der Waals surface area contributed by atoms with Crippen molar-refractivity contribution in [3.8, 4) is 0 Å². The first kappa shape index (κ1) is 108. The number of rotatable bonds is 88. The minimum absolute atomic E-state index is 0.107. The maximum absolute atomic E-state index is 13.2. The predicted molar refractivity (Wildman–Crippen MR) is 455 cm³/mol. The number of phosphoric acid groups is 2. The van der Waals surface area contributed by atoms with Crippen LogP contribution in [-0.4, -0.2) is 96.7 Å². The third kappa shape index (κ3) is 82.6. The van der Waals surface area contributed by atoms with E-state index >= 15 is 0 Å². The Labute approximate surface area is 677 Å². The molecule has 0 aromatic heterocycles. The number of hydrogen-bond acceptors (Lipinski definition) is 15. The Morgan fingerprint density at radius 3 is 0.645 bits per heavy atom. The first-order valence-electron chi connectivity index (χ1n) is 46.7. The average Bonchev–Trinajstić information content (AvgIpc) is 0.897. The van der Waals surface area contributed by atoms with Crippen molar-refractivity contribution in [1.29, 1.82) is 0 Å². The number of carbonyl (C=O) groups is 4. The summed E-state index contributed by atoms with van der Waals surface area (Å²) < 4.78 is 69.0. The van der Waals surface area contributed by atoms with E-state index in [9.17, 15) is 43.2 Å². The maximum atomic E-state index is 13.2. The second-order valence-corrected chi connectivity index (χ2v) is 37.3. The Morgan fingerprint density at radius 1 is 0.255 bits per heavy atom. The summed E-state index contributed by atoms with van der Waals surface area (Å²) in [6.45, 7) is 14.4. The topological polar surface area (TPSA) is 237 Å². The molecule has 0 saturated heterocycles. The van der Waals surface area contributed by atoms with Crippen LogP contribution in [0.4, 0.5) is 0 Å². The van der Waals surface area contributed by atoms with Gasteiger partial charge in [-0.2, -0.15) is 0 Å². The van der Waals surface area contributed by atoms with Gasteiger partial charge in [0.05, 0.1) is 26.4 Å². The monoisotopic (exact) mass is 1610 g/mol. The van der Waals surface area contributed by atoms with Gasteiger partial charge in [0.2, 0.25) is 0 Å². The third-order valence-electron chi connectivity index (χ3n) is 21.7. The third-order valence-corrected chi connectivity index (χ3v) is 23.6. The molecule has 0 saturated carbocycles. The van der Waals surface area contributed by atoms with Crippen LogP contribution in [0.1, 0.15) is 479 Å². The van der Waals surface area contributed by atoms with Crippen molar-refractivity contribution in [2.75, 3.05) is 39.6 Å². The number of carbonyl (C=O) groups excluding carboxylic acids is 4. The standard InChI is InChI=1S/C91H178O17P2/c1-9-84(8)70-62-54-46-38-32-26-19-15-11-13-17-21-28-34-40-48-57-65-73-90(95)107-86(77-101-88(93)71-63-55-47-39-33-27-20-16-12-10-14-18-24-30-36-43-51-59-67-81(2)3)79-105-109(97,98)103-75-85(92)76-104-110(99,100)106-80-87(78-102-89(94)72-64-56-50-42-45-53-61-69-83(6)7)108-91(96)74-66-58-49-41-35-29-23-22-25-31-37-44-52-60-68-82(4)5/h81-87,92H,9-80H2,1-8H3,(H,97,98)(H,99,100)/t84?,85?,86-,87-/m1/s1. The molecule has 0 aliphatic rings. The molecule has 0 aliphatic heterocycles. The van der Waals surface area contributed by atoms with Crippen LogP contribution in [0.2, 0.25) is 0 Å². The normalized spacial score (nSPS) is 14.1.